The maximum atomic E-state index is 13.0. The first-order chi connectivity index (χ1) is 14.1. The Labute approximate surface area is 170 Å². The number of furan rings is 1. The molecule has 0 radical (unpaired) electrons. The van der Waals surface area contributed by atoms with Gasteiger partial charge in [0, 0.05) is 37.5 Å². The molecule has 0 aromatic carbocycles. The van der Waals surface area contributed by atoms with Crippen molar-refractivity contribution in [2.24, 2.45) is 0 Å². The maximum absolute atomic E-state index is 13.0. The van der Waals surface area contributed by atoms with Crippen LogP contribution in [0.3, 0.4) is 0 Å². The van der Waals surface area contributed by atoms with Gasteiger partial charge in [-0.1, -0.05) is 0 Å². The molecular weight excluding hydrogens is 368 g/mol. The molecule has 0 bridgehead atoms. The van der Waals surface area contributed by atoms with E-state index in [0.717, 1.165) is 48.3 Å². The zero-order valence-corrected chi connectivity index (χ0v) is 16.8. The Bertz CT molecular complexity index is 965. The average Bonchev–Trinajstić information content (AvgIpc) is 3.28. The van der Waals surface area contributed by atoms with Gasteiger partial charge < -0.3 is 14.5 Å². The standard InChI is InChI=1S/C22H26N4O3/c1-26(2)20(21-4-3-9-29-21)14-24-22(27)19-12-16(15-6-10-28-11-7-15)17-13-23-8-5-18(17)25-19/h3-5,8-9,12-13,15,20H,6-7,10-11,14H2,1-2H3,(H,24,27)/t20-/m0/s1. The van der Waals surface area contributed by atoms with E-state index in [9.17, 15) is 4.79 Å². The number of ether oxygens (including phenoxy) is 1. The molecule has 1 aliphatic rings. The van der Waals surface area contributed by atoms with Gasteiger partial charge in [-0.3, -0.25) is 14.7 Å². The molecular formula is C22H26N4O3. The number of rotatable bonds is 6. The topological polar surface area (TPSA) is 80.5 Å². The van der Waals surface area contributed by atoms with Crippen molar-refractivity contribution in [3.8, 4) is 0 Å². The lowest BCUT2D eigenvalue weighted by Crippen LogP contribution is -2.34. The molecule has 1 fully saturated rings. The Morgan fingerprint density at radius 3 is 2.86 bits per heavy atom. The van der Waals surface area contributed by atoms with E-state index in [-0.39, 0.29) is 11.9 Å². The highest BCUT2D eigenvalue weighted by Crippen LogP contribution is 2.32. The number of nitrogens with one attached hydrogen (secondary N) is 1. The Kier molecular flexibility index (Phi) is 5.87. The molecule has 1 atom stereocenters. The van der Waals surface area contributed by atoms with Crippen molar-refractivity contribution in [2.75, 3.05) is 33.9 Å². The third kappa shape index (κ3) is 4.31. The molecule has 0 spiro atoms. The van der Waals surface area contributed by atoms with Crippen LogP contribution >= 0.6 is 0 Å². The van der Waals surface area contributed by atoms with Crippen LogP contribution in [0.1, 0.15) is 46.6 Å². The van der Waals surface area contributed by atoms with Crippen LogP contribution in [0.4, 0.5) is 0 Å². The van der Waals surface area contributed by atoms with Crippen LogP contribution < -0.4 is 5.32 Å². The van der Waals surface area contributed by atoms with Crippen molar-refractivity contribution >= 4 is 16.8 Å². The zero-order valence-electron chi connectivity index (χ0n) is 16.8. The molecule has 7 heteroatoms. The van der Waals surface area contributed by atoms with Crippen molar-refractivity contribution in [3.05, 3.63) is 59.9 Å². The van der Waals surface area contributed by atoms with Gasteiger partial charge in [0.1, 0.15) is 11.5 Å². The molecule has 4 heterocycles. The summed E-state index contributed by atoms with van der Waals surface area (Å²) in [5.74, 6) is 0.980. The Hall–Kier alpha value is -2.77. The largest absolute Gasteiger partial charge is 0.468 e. The SMILES string of the molecule is CN(C)[C@@H](CNC(=O)c1cc(C2CCOCC2)c2cnccc2n1)c1ccco1. The number of hydrogen-bond acceptors (Lipinski definition) is 6. The predicted molar refractivity (Wildman–Crippen MR) is 110 cm³/mol. The molecule has 3 aromatic rings. The number of amides is 1. The number of likely N-dealkylation sites (N-methyl/N-ethyl adjacent to an activating group) is 1. The first-order valence-corrected chi connectivity index (χ1v) is 9.94. The van der Waals surface area contributed by atoms with E-state index in [1.54, 1.807) is 12.5 Å². The molecule has 1 N–H and O–H groups in total. The minimum atomic E-state index is -0.185. The van der Waals surface area contributed by atoms with E-state index >= 15 is 0 Å². The lowest BCUT2D eigenvalue weighted by Gasteiger charge is -2.24. The first-order valence-electron chi connectivity index (χ1n) is 9.94. The average molecular weight is 394 g/mol. The molecule has 4 rings (SSSR count). The van der Waals surface area contributed by atoms with E-state index in [1.807, 2.05) is 49.5 Å². The van der Waals surface area contributed by atoms with Gasteiger partial charge in [-0.15, -0.1) is 0 Å². The van der Waals surface area contributed by atoms with E-state index in [4.69, 9.17) is 9.15 Å². The molecule has 29 heavy (non-hydrogen) atoms. The van der Waals surface area contributed by atoms with Crippen molar-refractivity contribution in [1.29, 1.82) is 0 Å². The fourth-order valence-corrected chi connectivity index (χ4v) is 3.86. The smallest absolute Gasteiger partial charge is 0.269 e. The first kappa shape index (κ1) is 19.5. The summed E-state index contributed by atoms with van der Waals surface area (Å²) in [5.41, 5.74) is 2.36. The number of nitrogens with zero attached hydrogens (tertiary/aromatic N) is 3. The summed E-state index contributed by atoms with van der Waals surface area (Å²) in [6.07, 6.45) is 7.08. The summed E-state index contributed by atoms with van der Waals surface area (Å²) in [7, 11) is 3.92. The molecule has 152 valence electrons. The highest BCUT2D eigenvalue weighted by atomic mass is 16.5. The van der Waals surface area contributed by atoms with Gasteiger partial charge in [0.15, 0.2) is 0 Å². The van der Waals surface area contributed by atoms with Crippen LogP contribution in [0, 0.1) is 0 Å². The predicted octanol–water partition coefficient (Wildman–Crippen LogP) is 3.15. The van der Waals surface area contributed by atoms with E-state index in [1.165, 1.54) is 0 Å². The zero-order chi connectivity index (χ0) is 20.2. The van der Waals surface area contributed by atoms with Gasteiger partial charge in [0.2, 0.25) is 0 Å². The van der Waals surface area contributed by atoms with Gasteiger partial charge in [0.05, 0.1) is 17.8 Å². The summed E-state index contributed by atoms with van der Waals surface area (Å²) in [4.78, 5) is 23.8. The fraction of sp³-hybridized carbons (Fsp3) is 0.409. The van der Waals surface area contributed by atoms with Crippen LogP contribution in [0.5, 0.6) is 0 Å². The number of aromatic nitrogens is 2. The second-order valence-corrected chi connectivity index (χ2v) is 7.58. The van der Waals surface area contributed by atoms with Gasteiger partial charge in [-0.05, 0) is 62.7 Å². The molecule has 1 saturated heterocycles. The number of carbonyl (C=O) groups excluding carboxylic acids is 1. The molecule has 1 aliphatic heterocycles. The minimum Gasteiger partial charge on any atom is -0.468 e. The molecule has 0 aliphatic carbocycles. The number of fused-ring (bicyclic) bond motifs is 1. The normalized spacial score (nSPS) is 16.2. The van der Waals surface area contributed by atoms with Gasteiger partial charge in [0.25, 0.3) is 5.91 Å². The van der Waals surface area contributed by atoms with Crippen LogP contribution in [-0.2, 0) is 4.74 Å². The third-order valence-electron chi connectivity index (χ3n) is 5.49. The van der Waals surface area contributed by atoms with Gasteiger partial charge in [-0.25, -0.2) is 4.98 Å². The lowest BCUT2D eigenvalue weighted by atomic mass is 9.89. The summed E-state index contributed by atoms with van der Waals surface area (Å²) < 4.78 is 11.0. The number of carbonyl (C=O) groups is 1. The molecule has 3 aromatic heterocycles. The minimum absolute atomic E-state index is 0.0476. The van der Waals surface area contributed by atoms with Crippen LogP contribution in [0.25, 0.3) is 10.9 Å². The van der Waals surface area contributed by atoms with Crippen LogP contribution in [0.2, 0.25) is 0 Å². The van der Waals surface area contributed by atoms with E-state index < -0.39 is 0 Å². The van der Waals surface area contributed by atoms with E-state index in [2.05, 4.69) is 15.3 Å². The second kappa shape index (κ2) is 8.71. The Morgan fingerprint density at radius 1 is 1.31 bits per heavy atom. The monoisotopic (exact) mass is 394 g/mol. The highest BCUT2D eigenvalue weighted by Gasteiger charge is 2.23. The maximum Gasteiger partial charge on any atom is 0.269 e. The Morgan fingerprint density at radius 2 is 2.14 bits per heavy atom. The Balaban J connectivity index is 1.58. The molecule has 0 unspecified atom stereocenters. The van der Waals surface area contributed by atoms with Gasteiger partial charge >= 0.3 is 0 Å². The van der Waals surface area contributed by atoms with E-state index in [0.29, 0.717) is 18.2 Å². The van der Waals surface area contributed by atoms with Crippen LogP contribution in [-0.4, -0.2) is 54.6 Å². The summed E-state index contributed by atoms with van der Waals surface area (Å²) >= 11 is 0. The molecule has 1 amide bonds. The summed E-state index contributed by atoms with van der Waals surface area (Å²) in [6.45, 7) is 1.91. The van der Waals surface area contributed by atoms with Gasteiger partial charge in [-0.2, -0.15) is 0 Å². The highest BCUT2D eigenvalue weighted by molar-refractivity contribution is 5.96. The summed E-state index contributed by atoms with van der Waals surface area (Å²) in [5, 5.41) is 4.03. The fourth-order valence-electron chi connectivity index (χ4n) is 3.86. The number of hydrogen-bond donors (Lipinski definition) is 1. The number of pyridine rings is 2. The van der Waals surface area contributed by atoms with Crippen molar-refractivity contribution < 1.29 is 13.9 Å². The lowest BCUT2D eigenvalue weighted by molar-refractivity contribution is 0.0855. The van der Waals surface area contributed by atoms with Crippen molar-refractivity contribution in [3.63, 3.8) is 0 Å². The second-order valence-electron chi connectivity index (χ2n) is 7.58. The van der Waals surface area contributed by atoms with Crippen molar-refractivity contribution in [1.82, 2.24) is 20.2 Å². The van der Waals surface area contributed by atoms with Crippen LogP contribution in [0.15, 0.2) is 47.3 Å². The molecule has 0 saturated carbocycles. The summed E-state index contributed by atoms with van der Waals surface area (Å²) in [6, 6.07) is 7.51. The quantitative estimate of drug-likeness (QED) is 0.692. The third-order valence-corrected chi connectivity index (χ3v) is 5.49. The molecule has 7 nitrogen and oxygen atoms in total. The van der Waals surface area contributed by atoms with Crippen molar-refractivity contribution in [2.45, 2.75) is 24.8 Å².